The minimum Gasteiger partial charge on any atom is -0.351 e. The van der Waals surface area contributed by atoms with Crippen LogP contribution in [0, 0.1) is 0 Å². The van der Waals surface area contributed by atoms with Gasteiger partial charge in [0.15, 0.2) is 11.5 Å². The molecule has 0 aliphatic heterocycles. The molecule has 0 fully saturated rings. The number of aromatic nitrogens is 4. The first-order chi connectivity index (χ1) is 9.02. The van der Waals surface area contributed by atoms with E-state index >= 15 is 0 Å². The van der Waals surface area contributed by atoms with Crippen molar-refractivity contribution in [3.05, 3.63) is 11.6 Å². The molecule has 0 aliphatic carbocycles. The lowest BCUT2D eigenvalue weighted by atomic mass is 10.2. The molecule has 7 heteroatoms. The summed E-state index contributed by atoms with van der Waals surface area (Å²) in [7, 11) is 4.12. The van der Waals surface area contributed by atoms with Crippen molar-refractivity contribution in [1.29, 1.82) is 0 Å². The van der Waals surface area contributed by atoms with Gasteiger partial charge in [-0.05, 0) is 39.5 Å². The number of aromatic amines is 1. The monoisotopic (exact) mass is 282 g/mol. The second kappa shape index (κ2) is 5.71. The molecule has 0 spiro atoms. The summed E-state index contributed by atoms with van der Waals surface area (Å²) < 4.78 is 0. The third-order valence-corrected chi connectivity index (χ3v) is 3.18. The number of imidazole rings is 1. The molecule has 0 aliphatic rings. The summed E-state index contributed by atoms with van der Waals surface area (Å²) in [5.74, 6) is 0.810. The Kier molecular flexibility index (Phi) is 4.21. The smallest absolute Gasteiger partial charge is 0.226 e. The molecule has 0 bridgehead atoms. The maximum Gasteiger partial charge on any atom is 0.226 e. The van der Waals surface area contributed by atoms with Crippen LogP contribution in [0.3, 0.4) is 0 Å². The fraction of sp³-hybridized carbons (Fsp3) is 0.583. The van der Waals surface area contributed by atoms with E-state index in [1.54, 1.807) is 6.33 Å². The summed E-state index contributed by atoms with van der Waals surface area (Å²) in [4.78, 5) is 20.1. The molecule has 104 valence electrons. The van der Waals surface area contributed by atoms with Crippen LogP contribution < -0.4 is 4.90 Å². The topological polar surface area (TPSA) is 60.9 Å². The minimum atomic E-state index is 0.227. The molecule has 1 unspecified atom stereocenters. The second-order valence-corrected chi connectivity index (χ2v) is 5.15. The van der Waals surface area contributed by atoms with Crippen LogP contribution in [0.25, 0.3) is 11.2 Å². The van der Waals surface area contributed by atoms with Gasteiger partial charge in [-0.25, -0.2) is 4.98 Å². The number of rotatable bonds is 5. The highest BCUT2D eigenvalue weighted by atomic mass is 35.5. The van der Waals surface area contributed by atoms with Gasteiger partial charge in [0.1, 0.15) is 5.52 Å². The van der Waals surface area contributed by atoms with Crippen molar-refractivity contribution >= 4 is 28.6 Å². The van der Waals surface area contributed by atoms with Gasteiger partial charge in [0.2, 0.25) is 5.28 Å². The summed E-state index contributed by atoms with van der Waals surface area (Å²) >= 11 is 5.98. The van der Waals surface area contributed by atoms with Crippen molar-refractivity contribution in [2.24, 2.45) is 0 Å². The highest BCUT2D eigenvalue weighted by Crippen LogP contribution is 2.24. The van der Waals surface area contributed by atoms with Crippen LogP contribution in [-0.4, -0.2) is 58.1 Å². The number of halogens is 1. The number of nitrogens with zero attached hydrogens (tertiary/aromatic N) is 5. The number of hydrogen-bond donors (Lipinski definition) is 1. The summed E-state index contributed by atoms with van der Waals surface area (Å²) in [6.45, 7) is 6.05. The number of H-pyrrole nitrogens is 1. The Bertz CT molecular complexity index is 552. The van der Waals surface area contributed by atoms with Crippen molar-refractivity contribution in [3.63, 3.8) is 0 Å². The average molecular weight is 283 g/mol. The second-order valence-electron chi connectivity index (χ2n) is 4.81. The Hall–Kier alpha value is -1.40. The molecular formula is C12H19ClN6. The first-order valence-corrected chi connectivity index (χ1v) is 6.68. The van der Waals surface area contributed by atoms with Crippen LogP contribution >= 0.6 is 11.6 Å². The Morgan fingerprint density at radius 2 is 2.11 bits per heavy atom. The molecule has 19 heavy (non-hydrogen) atoms. The summed E-state index contributed by atoms with van der Waals surface area (Å²) in [6, 6.07) is 0.317. The number of anilines is 1. The molecule has 6 nitrogen and oxygen atoms in total. The zero-order valence-electron chi connectivity index (χ0n) is 11.7. The zero-order chi connectivity index (χ0) is 14.0. The molecule has 2 rings (SSSR count). The zero-order valence-corrected chi connectivity index (χ0v) is 12.4. The number of fused-ring (bicyclic) bond motifs is 1. The molecular weight excluding hydrogens is 264 g/mol. The van der Waals surface area contributed by atoms with Gasteiger partial charge < -0.3 is 14.8 Å². The van der Waals surface area contributed by atoms with E-state index in [9.17, 15) is 0 Å². The van der Waals surface area contributed by atoms with Gasteiger partial charge in [0.25, 0.3) is 0 Å². The van der Waals surface area contributed by atoms with Gasteiger partial charge >= 0.3 is 0 Å². The molecule has 2 aromatic rings. The van der Waals surface area contributed by atoms with Crippen LogP contribution in [0.2, 0.25) is 5.28 Å². The average Bonchev–Trinajstić information content (AvgIpc) is 2.76. The molecule has 0 saturated carbocycles. The van der Waals surface area contributed by atoms with E-state index in [0.29, 0.717) is 11.7 Å². The molecule has 0 aromatic carbocycles. The van der Waals surface area contributed by atoms with Gasteiger partial charge in [-0.15, -0.1) is 0 Å². The van der Waals surface area contributed by atoms with Crippen molar-refractivity contribution in [1.82, 2.24) is 24.8 Å². The summed E-state index contributed by atoms with van der Waals surface area (Å²) in [5, 5.41) is 0.227. The first kappa shape index (κ1) is 14.0. The van der Waals surface area contributed by atoms with E-state index in [1.165, 1.54) is 0 Å². The van der Waals surface area contributed by atoms with E-state index < -0.39 is 0 Å². The predicted octanol–water partition coefficient (Wildman–Crippen LogP) is 1.78. The van der Waals surface area contributed by atoms with Crippen LogP contribution in [0.1, 0.15) is 13.8 Å². The van der Waals surface area contributed by atoms with E-state index in [0.717, 1.165) is 24.4 Å². The first-order valence-electron chi connectivity index (χ1n) is 6.31. The normalized spacial score (nSPS) is 13.2. The Morgan fingerprint density at radius 3 is 2.74 bits per heavy atom. The molecule has 0 radical (unpaired) electrons. The molecule has 0 amide bonds. The molecule has 2 heterocycles. The van der Waals surface area contributed by atoms with Crippen molar-refractivity contribution in [2.75, 3.05) is 32.1 Å². The van der Waals surface area contributed by atoms with Crippen molar-refractivity contribution in [3.8, 4) is 0 Å². The number of hydrogen-bond acceptors (Lipinski definition) is 5. The lowest BCUT2D eigenvalue weighted by molar-refractivity contribution is 0.372. The predicted molar refractivity (Wildman–Crippen MR) is 77.7 cm³/mol. The standard InChI is InChI=1S/C12H19ClN6/c1-5-19(8(2)6-18(3)4)11-9-10(15-7-14-9)16-12(13)17-11/h7-8H,5-6H2,1-4H3,(H,14,15,16,17). The lowest BCUT2D eigenvalue weighted by Gasteiger charge is -2.31. The quantitative estimate of drug-likeness (QED) is 0.847. The highest BCUT2D eigenvalue weighted by Gasteiger charge is 2.19. The molecule has 0 saturated heterocycles. The molecule has 1 atom stereocenters. The summed E-state index contributed by atoms with van der Waals surface area (Å²) in [5.41, 5.74) is 1.43. The van der Waals surface area contributed by atoms with Gasteiger partial charge in [-0.3, -0.25) is 0 Å². The van der Waals surface area contributed by atoms with Gasteiger partial charge in [-0.2, -0.15) is 9.97 Å². The summed E-state index contributed by atoms with van der Waals surface area (Å²) in [6.07, 6.45) is 1.61. The maximum absolute atomic E-state index is 5.98. The van der Waals surface area contributed by atoms with Gasteiger partial charge in [0.05, 0.1) is 6.33 Å². The van der Waals surface area contributed by atoms with Gasteiger partial charge in [-0.1, -0.05) is 0 Å². The van der Waals surface area contributed by atoms with Gasteiger partial charge in [0, 0.05) is 19.1 Å². The molecule has 2 aromatic heterocycles. The lowest BCUT2D eigenvalue weighted by Crippen LogP contribution is -2.40. The Balaban J connectivity index is 2.42. The Labute approximate surface area is 117 Å². The van der Waals surface area contributed by atoms with Crippen LogP contribution in [-0.2, 0) is 0 Å². The van der Waals surface area contributed by atoms with Crippen LogP contribution in [0.5, 0.6) is 0 Å². The van der Waals surface area contributed by atoms with Crippen molar-refractivity contribution in [2.45, 2.75) is 19.9 Å². The van der Waals surface area contributed by atoms with E-state index in [2.05, 4.69) is 57.7 Å². The highest BCUT2D eigenvalue weighted by molar-refractivity contribution is 6.28. The SMILES string of the molecule is CCN(c1nc(Cl)nc2nc[nH]c12)C(C)CN(C)C. The molecule has 1 N–H and O–H groups in total. The largest absolute Gasteiger partial charge is 0.351 e. The fourth-order valence-electron chi connectivity index (χ4n) is 2.30. The van der Waals surface area contributed by atoms with E-state index in [-0.39, 0.29) is 5.28 Å². The minimum absolute atomic E-state index is 0.227. The van der Waals surface area contributed by atoms with E-state index in [1.807, 2.05) is 0 Å². The third-order valence-electron chi connectivity index (χ3n) is 3.01. The van der Waals surface area contributed by atoms with Crippen LogP contribution in [0.15, 0.2) is 6.33 Å². The Morgan fingerprint density at radius 1 is 1.37 bits per heavy atom. The number of likely N-dealkylation sites (N-methyl/N-ethyl adjacent to an activating group) is 2. The van der Waals surface area contributed by atoms with E-state index in [4.69, 9.17) is 11.6 Å². The van der Waals surface area contributed by atoms with Crippen molar-refractivity contribution < 1.29 is 0 Å². The van der Waals surface area contributed by atoms with Crippen LogP contribution in [0.4, 0.5) is 5.82 Å². The maximum atomic E-state index is 5.98. The fourth-order valence-corrected chi connectivity index (χ4v) is 2.46. The third kappa shape index (κ3) is 2.96. The number of nitrogens with one attached hydrogen (secondary N) is 1.